The predicted molar refractivity (Wildman–Crippen MR) is 89.9 cm³/mol. The first kappa shape index (κ1) is 15.1. The highest BCUT2D eigenvalue weighted by Gasteiger charge is 2.35. The van der Waals surface area contributed by atoms with Crippen molar-refractivity contribution >= 4 is 11.6 Å². The van der Waals surface area contributed by atoms with Gasteiger partial charge in [-0.05, 0) is 50.2 Å². The quantitative estimate of drug-likeness (QED) is 0.839. The van der Waals surface area contributed by atoms with Crippen LogP contribution in [0.2, 0.25) is 0 Å². The number of nitrogens with two attached hydrogens (primary N) is 1. The van der Waals surface area contributed by atoms with Crippen molar-refractivity contribution in [1.82, 2.24) is 15.3 Å². The molecule has 2 aromatic rings. The molecule has 0 amide bonds. The number of aromatic nitrogens is 2. The third-order valence-corrected chi connectivity index (χ3v) is 4.23. The van der Waals surface area contributed by atoms with Crippen molar-refractivity contribution in [2.24, 2.45) is 0 Å². The van der Waals surface area contributed by atoms with Crippen LogP contribution in [0.25, 0.3) is 0 Å². The minimum absolute atomic E-state index is 0. The summed E-state index contributed by atoms with van der Waals surface area (Å²) < 4.78 is 0. The Bertz CT molecular complexity index is 785. The maximum absolute atomic E-state index is 12.6. The van der Waals surface area contributed by atoms with Crippen molar-refractivity contribution in [3.63, 3.8) is 0 Å². The monoisotopic (exact) mass is 311 g/mol. The molecule has 6 nitrogen and oxygen atoms in total. The van der Waals surface area contributed by atoms with E-state index in [1.54, 1.807) is 24.3 Å². The predicted octanol–water partition coefficient (Wildman–Crippen LogP) is 1.93. The van der Waals surface area contributed by atoms with Gasteiger partial charge in [0.25, 0.3) is 0 Å². The highest BCUT2D eigenvalue weighted by atomic mass is 16.1. The van der Waals surface area contributed by atoms with Crippen LogP contribution >= 0.6 is 0 Å². The van der Waals surface area contributed by atoms with E-state index in [4.69, 9.17) is 5.73 Å². The van der Waals surface area contributed by atoms with Gasteiger partial charge >= 0.3 is 0 Å². The molecule has 1 saturated heterocycles. The van der Waals surface area contributed by atoms with Crippen LogP contribution in [0.4, 0.5) is 5.82 Å². The number of hydrogen-bond acceptors (Lipinski definition) is 6. The normalized spacial score (nSPS) is 16.5. The molecule has 1 fully saturated rings. The zero-order valence-electron chi connectivity index (χ0n) is 12.6. The Morgan fingerprint density at radius 3 is 2.78 bits per heavy atom. The first-order valence-electron chi connectivity index (χ1n) is 7.51. The average molecular weight is 311 g/mol. The van der Waals surface area contributed by atoms with Gasteiger partial charge in [-0.2, -0.15) is 5.26 Å². The van der Waals surface area contributed by atoms with Crippen LogP contribution in [0.5, 0.6) is 0 Å². The van der Waals surface area contributed by atoms with Gasteiger partial charge in [0, 0.05) is 9.05 Å². The van der Waals surface area contributed by atoms with Crippen LogP contribution in [-0.2, 0) is 5.41 Å². The number of rotatable bonds is 3. The minimum atomic E-state index is -0.637. The minimum Gasteiger partial charge on any atom is -0.383 e. The molecule has 0 radical (unpaired) electrons. The fraction of sp³-hybridized carbons (Fsp3) is 0.294. The van der Waals surface area contributed by atoms with Crippen molar-refractivity contribution < 1.29 is 7.65 Å². The van der Waals surface area contributed by atoms with E-state index in [9.17, 15) is 10.1 Å². The van der Waals surface area contributed by atoms with Crippen molar-refractivity contribution in [3.8, 4) is 6.07 Å². The third-order valence-electron chi connectivity index (χ3n) is 4.23. The van der Waals surface area contributed by atoms with Gasteiger partial charge < -0.3 is 11.1 Å². The van der Waals surface area contributed by atoms with E-state index in [2.05, 4.69) is 21.4 Å². The number of pyridine rings is 2. The lowest BCUT2D eigenvalue weighted by molar-refractivity contribution is 0.103. The molecule has 0 aliphatic carbocycles. The molecule has 1 aliphatic rings. The summed E-state index contributed by atoms with van der Waals surface area (Å²) in [6.45, 7) is 1.53. The van der Waals surface area contributed by atoms with Gasteiger partial charge in [0.1, 0.15) is 16.9 Å². The molecule has 0 aromatic carbocycles. The lowest BCUT2D eigenvalue weighted by Gasteiger charge is -2.30. The van der Waals surface area contributed by atoms with Crippen LogP contribution in [0, 0.1) is 11.3 Å². The van der Waals surface area contributed by atoms with Gasteiger partial charge in [0.05, 0.1) is 17.3 Å². The van der Waals surface area contributed by atoms with Crippen LogP contribution in [0.3, 0.4) is 0 Å². The first-order chi connectivity index (χ1) is 11.2. The summed E-state index contributed by atoms with van der Waals surface area (Å²) in [5.41, 5.74) is 6.40. The fourth-order valence-electron chi connectivity index (χ4n) is 2.85. The van der Waals surface area contributed by atoms with E-state index in [1.165, 1.54) is 6.20 Å². The summed E-state index contributed by atoms with van der Waals surface area (Å²) in [4.78, 5) is 21.0. The average Bonchev–Trinajstić information content (AvgIpc) is 2.62. The molecule has 0 atom stereocenters. The van der Waals surface area contributed by atoms with Gasteiger partial charge in [0.2, 0.25) is 5.78 Å². The Kier molecular flexibility index (Phi) is 4.04. The lowest BCUT2D eigenvalue weighted by Crippen LogP contribution is -2.39. The van der Waals surface area contributed by atoms with Crippen LogP contribution in [0.1, 0.15) is 37.4 Å². The Morgan fingerprint density at radius 1 is 1.30 bits per heavy atom. The van der Waals surface area contributed by atoms with E-state index in [-0.39, 0.29) is 20.1 Å². The number of carbonyl (C=O) groups is 1. The number of hydrogen-bond donors (Lipinski definition) is 2. The van der Waals surface area contributed by atoms with Crippen LogP contribution in [-0.4, -0.2) is 28.8 Å². The molecule has 0 saturated carbocycles. The summed E-state index contributed by atoms with van der Waals surface area (Å²) in [5, 5.41) is 12.9. The van der Waals surface area contributed by atoms with E-state index in [0.717, 1.165) is 13.1 Å². The van der Waals surface area contributed by atoms with Gasteiger partial charge in [-0.3, -0.25) is 4.79 Å². The zero-order chi connectivity index (χ0) is 16.3. The first-order valence-corrected chi connectivity index (χ1v) is 7.51. The molecule has 23 heavy (non-hydrogen) atoms. The molecular weight excluding hydrogens is 290 g/mol. The molecule has 0 spiro atoms. The number of nitrogens with zero attached hydrogens (tertiary/aromatic N) is 3. The standard InChI is InChI=1S/C17H17N5O.2H2/c18-11-17(6-9-20-10-7-17)14-5-1-4-13(22-14)15(23)12-3-2-8-21-16(12)19;;/h1-5,8,20H,6-7,9-10H2,(H2,19,21);2*1H. The number of carbonyl (C=O) groups excluding carboxylic acids is 1. The second kappa shape index (κ2) is 6.15. The number of nitriles is 1. The molecule has 0 bridgehead atoms. The van der Waals surface area contributed by atoms with E-state index < -0.39 is 5.41 Å². The highest BCUT2D eigenvalue weighted by molar-refractivity contribution is 6.10. The van der Waals surface area contributed by atoms with Gasteiger partial charge in [0.15, 0.2) is 0 Å². The maximum atomic E-state index is 12.6. The molecule has 0 unspecified atom stereocenters. The van der Waals surface area contributed by atoms with Crippen LogP contribution in [0.15, 0.2) is 36.5 Å². The van der Waals surface area contributed by atoms with Crippen molar-refractivity contribution in [1.29, 1.82) is 5.26 Å². The summed E-state index contributed by atoms with van der Waals surface area (Å²) in [6.07, 6.45) is 2.90. The fourth-order valence-corrected chi connectivity index (χ4v) is 2.85. The highest BCUT2D eigenvalue weighted by Crippen LogP contribution is 2.31. The topological polar surface area (TPSA) is 105 Å². The molecular formula is C17H21N5O. The number of ketones is 1. The van der Waals surface area contributed by atoms with Crippen LogP contribution < -0.4 is 11.1 Å². The molecule has 3 heterocycles. The smallest absolute Gasteiger partial charge is 0.215 e. The lowest BCUT2D eigenvalue weighted by atomic mass is 9.77. The number of piperidine rings is 1. The van der Waals surface area contributed by atoms with E-state index in [0.29, 0.717) is 24.1 Å². The SMILES string of the molecule is N#CC1(c2cccc(C(=O)c3cccnc3N)n2)CCNCC1.[HH].[HH]. The maximum Gasteiger partial charge on any atom is 0.215 e. The van der Waals surface area contributed by atoms with Gasteiger partial charge in [-0.1, -0.05) is 6.07 Å². The second-order valence-electron chi connectivity index (χ2n) is 5.62. The second-order valence-corrected chi connectivity index (χ2v) is 5.62. The van der Waals surface area contributed by atoms with E-state index in [1.807, 2.05) is 6.07 Å². The Hall–Kier alpha value is -2.78. The molecule has 3 N–H and O–H groups in total. The molecule has 1 aliphatic heterocycles. The molecule has 6 heteroatoms. The van der Waals surface area contributed by atoms with Gasteiger partial charge in [-0.15, -0.1) is 0 Å². The van der Waals surface area contributed by atoms with Gasteiger partial charge in [-0.25, -0.2) is 9.97 Å². The van der Waals surface area contributed by atoms with Crippen molar-refractivity contribution in [2.75, 3.05) is 18.8 Å². The number of anilines is 1. The largest absolute Gasteiger partial charge is 0.383 e. The molecule has 120 valence electrons. The Balaban J connectivity index is 0.00000156. The summed E-state index contributed by atoms with van der Waals surface area (Å²) in [6, 6.07) is 10.9. The number of nitrogens with one attached hydrogen (secondary N) is 1. The molecule has 3 rings (SSSR count). The zero-order valence-corrected chi connectivity index (χ0v) is 12.6. The molecule has 2 aromatic heterocycles. The van der Waals surface area contributed by atoms with Crippen molar-refractivity contribution in [3.05, 3.63) is 53.5 Å². The van der Waals surface area contributed by atoms with E-state index >= 15 is 0 Å². The summed E-state index contributed by atoms with van der Waals surface area (Å²) >= 11 is 0. The third kappa shape index (κ3) is 2.79. The number of nitrogen functional groups attached to an aromatic ring is 1. The summed E-state index contributed by atoms with van der Waals surface area (Å²) in [7, 11) is 0. The summed E-state index contributed by atoms with van der Waals surface area (Å²) in [5.74, 6) is -0.0963. The Morgan fingerprint density at radius 2 is 2.09 bits per heavy atom. The van der Waals surface area contributed by atoms with Crippen molar-refractivity contribution in [2.45, 2.75) is 18.3 Å². The Labute approximate surface area is 137 Å².